The molecule has 1 fully saturated rings. The maximum Gasteiger partial charge on any atom is 0.0277 e. The highest BCUT2D eigenvalue weighted by molar-refractivity contribution is 4.94. The maximum absolute atomic E-state index is 2.67. The highest BCUT2D eigenvalue weighted by atomic mass is 15.3. The molecular weight excluding hydrogens is 184 g/mol. The van der Waals surface area contributed by atoms with Gasteiger partial charge in [0.15, 0.2) is 0 Å². The van der Waals surface area contributed by atoms with E-state index in [1.165, 1.54) is 19.6 Å². The molecule has 0 saturated carbocycles. The molecule has 0 bridgehead atoms. The SMILES string of the molecule is CN1CCN(C(C)(C)C)[C@@H](C(C)(C)C)C1. The van der Waals surface area contributed by atoms with E-state index in [9.17, 15) is 0 Å². The topological polar surface area (TPSA) is 6.48 Å². The van der Waals surface area contributed by atoms with Crippen LogP contribution in [0.4, 0.5) is 0 Å². The van der Waals surface area contributed by atoms with Crippen molar-refractivity contribution in [3.63, 3.8) is 0 Å². The van der Waals surface area contributed by atoms with Crippen LogP contribution < -0.4 is 0 Å². The van der Waals surface area contributed by atoms with Gasteiger partial charge >= 0.3 is 0 Å². The summed E-state index contributed by atoms with van der Waals surface area (Å²) in [6.45, 7) is 17.7. The lowest BCUT2D eigenvalue weighted by Gasteiger charge is -2.52. The molecule has 1 aliphatic rings. The van der Waals surface area contributed by atoms with E-state index in [2.05, 4.69) is 58.4 Å². The van der Waals surface area contributed by atoms with Crippen molar-refractivity contribution >= 4 is 0 Å². The van der Waals surface area contributed by atoms with E-state index in [1.807, 2.05) is 0 Å². The number of hydrogen-bond donors (Lipinski definition) is 0. The van der Waals surface area contributed by atoms with Crippen LogP contribution in [0.25, 0.3) is 0 Å². The van der Waals surface area contributed by atoms with Crippen LogP contribution >= 0.6 is 0 Å². The van der Waals surface area contributed by atoms with Gasteiger partial charge in [-0.05, 0) is 33.2 Å². The largest absolute Gasteiger partial charge is 0.304 e. The van der Waals surface area contributed by atoms with Gasteiger partial charge in [-0.3, -0.25) is 4.90 Å². The van der Waals surface area contributed by atoms with E-state index < -0.39 is 0 Å². The summed E-state index contributed by atoms with van der Waals surface area (Å²) >= 11 is 0. The first kappa shape index (κ1) is 13.0. The third-order valence-corrected chi connectivity index (χ3v) is 3.44. The van der Waals surface area contributed by atoms with Crippen LogP contribution in [0, 0.1) is 5.41 Å². The van der Waals surface area contributed by atoms with Gasteiger partial charge < -0.3 is 4.90 Å². The molecule has 1 atom stereocenters. The Kier molecular flexibility index (Phi) is 3.52. The lowest BCUT2D eigenvalue weighted by atomic mass is 9.82. The molecule has 2 nitrogen and oxygen atoms in total. The quantitative estimate of drug-likeness (QED) is 0.608. The minimum atomic E-state index is 0.291. The van der Waals surface area contributed by atoms with Gasteiger partial charge in [0.05, 0.1) is 0 Å². The second-order valence-corrected chi connectivity index (χ2v) is 7.01. The van der Waals surface area contributed by atoms with E-state index in [-0.39, 0.29) is 0 Å². The van der Waals surface area contributed by atoms with Crippen molar-refractivity contribution in [1.82, 2.24) is 9.80 Å². The van der Waals surface area contributed by atoms with Crippen molar-refractivity contribution in [1.29, 1.82) is 0 Å². The molecule has 0 aromatic carbocycles. The van der Waals surface area contributed by atoms with E-state index in [0.717, 1.165) is 0 Å². The molecule has 1 rings (SSSR count). The summed E-state index contributed by atoms with van der Waals surface area (Å²) in [5.74, 6) is 0. The lowest BCUT2D eigenvalue weighted by molar-refractivity contribution is -0.0296. The van der Waals surface area contributed by atoms with Crippen molar-refractivity contribution in [3.05, 3.63) is 0 Å². The standard InChI is InChI=1S/C13H28N2/c1-12(2,3)11-10-14(7)8-9-15(11)13(4,5)6/h11H,8-10H2,1-7H3/t11-/m1/s1. The fraction of sp³-hybridized carbons (Fsp3) is 1.00. The van der Waals surface area contributed by atoms with Crippen LogP contribution in [-0.2, 0) is 0 Å². The average molecular weight is 212 g/mol. The second-order valence-electron chi connectivity index (χ2n) is 7.01. The number of nitrogens with zero attached hydrogens (tertiary/aromatic N) is 2. The molecule has 0 spiro atoms. The Balaban J connectivity index is 2.85. The molecule has 90 valence electrons. The summed E-state index contributed by atoms with van der Waals surface area (Å²) in [6.07, 6.45) is 0. The van der Waals surface area contributed by atoms with Gasteiger partial charge in [0.25, 0.3) is 0 Å². The predicted octanol–water partition coefficient (Wildman–Crippen LogP) is 2.45. The molecule has 0 aliphatic carbocycles. The van der Waals surface area contributed by atoms with Gasteiger partial charge in [-0.2, -0.15) is 0 Å². The molecule has 1 saturated heterocycles. The molecule has 2 heteroatoms. The highest BCUT2D eigenvalue weighted by Gasteiger charge is 2.38. The third kappa shape index (κ3) is 3.18. The van der Waals surface area contributed by atoms with Crippen LogP contribution in [0.5, 0.6) is 0 Å². The third-order valence-electron chi connectivity index (χ3n) is 3.44. The zero-order valence-electron chi connectivity index (χ0n) is 11.6. The number of piperazine rings is 1. The van der Waals surface area contributed by atoms with Gasteiger partial charge in [0.1, 0.15) is 0 Å². The van der Waals surface area contributed by atoms with Crippen LogP contribution in [-0.4, -0.2) is 48.1 Å². The van der Waals surface area contributed by atoms with Crippen molar-refractivity contribution in [2.24, 2.45) is 5.41 Å². The molecule has 15 heavy (non-hydrogen) atoms. The summed E-state index contributed by atoms with van der Waals surface area (Å²) in [4.78, 5) is 5.13. The highest BCUT2D eigenvalue weighted by Crippen LogP contribution is 2.31. The summed E-state index contributed by atoms with van der Waals surface area (Å²) in [7, 11) is 2.23. The van der Waals surface area contributed by atoms with Crippen molar-refractivity contribution in [2.75, 3.05) is 26.7 Å². The smallest absolute Gasteiger partial charge is 0.0277 e. The molecule has 1 heterocycles. The first-order chi connectivity index (χ1) is 6.62. The zero-order chi connectivity index (χ0) is 11.9. The Labute approximate surface area is 95.6 Å². The zero-order valence-corrected chi connectivity index (χ0v) is 11.6. The number of hydrogen-bond acceptors (Lipinski definition) is 2. The molecule has 0 N–H and O–H groups in total. The Hall–Kier alpha value is -0.0800. The lowest BCUT2D eigenvalue weighted by Crippen LogP contribution is -2.62. The van der Waals surface area contributed by atoms with E-state index in [1.54, 1.807) is 0 Å². The Morgan fingerprint density at radius 2 is 1.47 bits per heavy atom. The number of rotatable bonds is 0. The molecule has 0 amide bonds. The fourth-order valence-corrected chi connectivity index (χ4v) is 2.46. The second kappa shape index (κ2) is 4.06. The summed E-state index contributed by atoms with van der Waals surface area (Å²) in [5, 5.41) is 0. The van der Waals surface area contributed by atoms with Gasteiger partial charge in [-0.15, -0.1) is 0 Å². The average Bonchev–Trinajstić information content (AvgIpc) is 2.00. The molecule has 0 aromatic heterocycles. The van der Waals surface area contributed by atoms with Gasteiger partial charge in [-0.25, -0.2) is 0 Å². The van der Waals surface area contributed by atoms with Gasteiger partial charge in [-0.1, -0.05) is 20.8 Å². The summed E-state index contributed by atoms with van der Waals surface area (Å²) in [6, 6.07) is 0.663. The molecular formula is C13H28N2. The number of likely N-dealkylation sites (N-methyl/N-ethyl adjacent to an activating group) is 1. The fourth-order valence-electron chi connectivity index (χ4n) is 2.46. The van der Waals surface area contributed by atoms with Crippen molar-refractivity contribution in [2.45, 2.75) is 53.1 Å². The molecule has 1 aliphatic heterocycles. The van der Waals surface area contributed by atoms with E-state index >= 15 is 0 Å². The predicted molar refractivity (Wildman–Crippen MR) is 67.2 cm³/mol. The first-order valence-electron chi connectivity index (χ1n) is 6.07. The van der Waals surface area contributed by atoms with Crippen molar-refractivity contribution in [3.8, 4) is 0 Å². The van der Waals surface area contributed by atoms with E-state index in [4.69, 9.17) is 0 Å². The van der Waals surface area contributed by atoms with Crippen LogP contribution in [0.3, 0.4) is 0 Å². The van der Waals surface area contributed by atoms with Gasteiger partial charge in [0, 0.05) is 31.2 Å². The molecule has 0 unspecified atom stereocenters. The maximum atomic E-state index is 2.67. The van der Waals surface area contributed by atoms with Gasteiger partial charge in [0.2, 0.25) is 0 Å². The first-order valence-corrected chi connectivity index (χ1v) is 6.07. The summed E-state index contributed by atoms with van der Waals surface area (Å²) in [5.41, 5.74) is 0.654. The Morgan fingerprint density at radius 1 is 0.933 bits per heavy atom. The van der Waals surface area contributed by atoms with Crippen LogP contribution in [0.2, 0.25) is 0 Å². The molecule has 0 aromatic rings. The minimum Gasteiger partial charge on any atom is -0.304 e. The monoisotopic (exact) mass is 212 g/mol. The van der Waals surface area contributed by atoms with Crippen molar-refractivity contribution < 1.29 is 0 Å². The van der Waals surface area contributed by atoms with Crippen LogP contribution in [0.1, 0.15) is 41.5 Å². The summed E-state index contributed by atoms with van der Waals surface area (Å²) < 4.78 is 0. The Bertz CT molecular complexity index is 210. The van der Waals surface area contributed by atoms with E-state index in [0.29, 0.717) is 17.0 Å². The minimum absolute atomic E-state index is 0.291. The van der Waals surface area contributed by atoms with Crippen LogP contribution in [0.15, 0.2) is 0 Å². The normalized spacial score (nSPS) is 27.0. The Morgan fingerprint density at radius 3 is 1.87 bits per heavy atom. The molecule has 0 radical (unpaired) electrons.